The van der Waals surface area contributed by atoms with Crippen LogP contribution < -0.4 is 22.3 Å². The van der Waals surface area contributed by atoms with Gasteiger partial charge in [0.1, 0.15) is 16.6 Å². The Kier molecular flexibility index (Phi) is 7.34. The van der Waals surface area contributed by atoms with Crippen molar-refractivity contribution < 1.29 is 9.53 Å². The van der Waals surface area contributed by atoms with Crippen LogP contribution in [0.15, 0.2) is 61.1 Å². The molecule has 0 spiro atoms. The number of aryl methyl sites for hydroxylation is 2. The molecule has 0 bridgehead atoms. The molecule has 0 fully saturated rings. The lowest BCUT2D eigenvalue weighted by molar-refractivity contribution is 0.0600. The molecule has 5 rings (SSSR count). The normalized spacial score (nSPS) is 15.0. The first-order valence-corrected chi connectivity index (χ1v) is 13.1. The SMILES string of the molecule is COC(=O)c1ccc2c(c1)CCCC2c1ncc(-c2cc(C)cc(Nc3cc(/C(N)=C/NN)ccn3)n2)s1. The number of carbonyl (C=O) groups is 1. The van der Waals surface area contributed by atoms with E-state index in [1.54, 1.807) is 17.5 Å². The van der Waals surface area contributed by atoms with E-state index in [1.165, 1.54) is 24.4 Å². The summed E-state index contributed by atoms with van der Waals surface area (Å²) in [5.41, 5.74) is 14.7. The molecule has 10 heteroatoms. The molecule has 6 N–H and O–H groups in total. The van der Waals surface area contributed by atoms with Crippen LogP contribution in [0.3, 0.4) is 0 Å². The van der Waals surface area contributed by atoms with E-state index in [0.29, 0.717) is 22.9 Å². The van der Waals surface area contributed by atoms with Crippen molar-refractivity contribution in [2.75, 3.05) is 12.4 Å². The van der Waals surface area contributed by atoms with Gasteiger partial charge in [-0.15, -0.1) is 11.3 Å². The van der Waals surface area contributed by atoms with Crippen molar-refractivity contribution in [2.24, 2.45) is 11.6 Å². The Bertz CT molecular complexity index is 1510. The maximum absolute atomic E-state index is 12.0. The number of fused-ring (bicyclic) bond motifs is 1. The summed E-state index contributed by atoms with van der Waals surface area (Å²) >= 11 is 1.66. The van der Waals surface area contributed by atoms with Crippen LogP contribution >= 0.6 is 11.3 Å². The van der Waals surface area contributed by atoms with Gasteiger partial charge < -0.3 is 21.2 Å². The van der Waals surface area contributed by atoms with Crippen molar-refractivity contribution in [2.45, 2.75) is 32.1 Å². The molecule has 1 aliphatic carbocycles. The van der Waals surface area contributed by atoms with E-state index in [1.807, 2.05) is 49.5 Å². The highest BCUT2D eigenvalue weighted by Gasteiger charge is 2.26. The van der Waals surface area contributed by atoms with E-state index in [-0.39, 0.29) is 11.9 Å². The Morgan fingerprint density at radius 2 is 2.00 bits per heavy atom. The molecule has 4 aromatic rings. The van der Waals surface area contributed by atoms with Gasteiger partial charge in [0.15, 0.2) is 0 Å². The number of nitrogens with zero attached hydrogens (tertiary/aromatic N) is 3. The van der Waals surface area contributed by atoms with E-state index < -0.39 is 0 Å². The third-order valence-corrected chi connectivity index (χ3v) is 7.64. The fraction of sp³-hybridized carbons (Fsp3) is 0.214. The van der Waals surface area contributed by atoms with Crippen molar-refractivity contribution in [3.05, 3.63) is 93.9 Å². The predicted molar refractivity (Wildman–Crippen MR) is 150 cm³/mol. The minimum Gasteiger partial charge on any atom is -0.465 e. The Labute approximate surface area is 225 Å². The smallest absolute Gasteiger partial charge is 0.337 e. The molecular formula is C28H29N7O2S. The topological polar surface area (TPSA) is 141 Å². The van der Waals surface area contributed by atoms with Crippen LogP contribution in [0.5, 0.6) is 0 Å². The van der Waals surface area contributed by atoms with E-state index in [2.05, 4.69) is 21.8 Å². The minimum absolute atomic E-state index is 0.195. The Hall–Kier alpha value is -4.28. The van der Waals surface area contributed by atoms with Gasteiger partial charge in [-0.05, 0) is 79.3 Å². The van der Waals surface area contributed by atoms with Crippen molar-refractivity contribution >= 4 is 34.6 Å². The number of rotatable bonds is 7. The van der Waals surface area contributed by atoms with Gasteiger partial charge in [0.2, 0.25) is 0 Å². The van der Waals surface area contributed by atoms with Crippen molar-refractivity contribution in [1.29, 1.82) is 0 Å². The number of aromatic nitrogens is 3. The lowest BCUT2D eigenvalue weighted by atomic mass is 9.82. The highest BCUT2D eigenvalue weighted by molar-refractivity contribution is 7.15. The Balaban J connectivity index is 1.40. The fourth-order valence-electron chi connectivity index (χ4n) is 4.72. The van der Waals surface area contributed by atoms with Gasteiger partial charge in [-0.1, -0.05) is 6.07 Å². The van der Waals surface area contributed by atoms with Crippen LogP contribution in [0.25, 0.3) is 16.3 Å². The standard InChI is InChI=1S/C28H29N7O2S/c1-16-10-23(34-26(11-16)35-25-13-18(8-9-31-25)22(29)14-33-30)24-15-32-27(38-24)21-5-3-4-17-12-19(28(36)37-2)6-7-20(17)21/h6-15,21,33H,3-5,29-30H2,1-2H3,(H,31,34,35)/b22-14-. The van der Waals surface area contributed by atoms with Crippen LogP contribution in [0.4, 0.5) is 11.6 Å². The maximum Gasteiger partial charge on any atom is 0.337 e. The molecule has 1 unspecified atom stereocenters. The molecule has 1 aliphatic rings. The number of nitrogens with two attached hydrogens (primary N) is 2. The highest BCUT2D eigenvalue weighted by atomic mass is 32.1. The zero-order valence-corrected chi connectivity index (χ0v) is 22.0. The molecule has 9 nitrogen and oxygen atoms in total. The predicted octanol–water partition coefficient (Wildman–Crippen LogP) is 4.63. The number of pyridine rings is 2. The summed E-state index contributed by atoms with van der Waals surface area (Å²) in [6, 6.07) is 13.5. The number of esters is 1. The van der Waals surface area contributed by atoms with Crippen molar-refractivity contribution in [3.63, 3.8) is 0 Å². The average molecular weight is 528 g/mol. The third kappa shape index (κ3) is 5.36. The second-order valence-electron chi connectivity index (χ2n) is 9.15. The number of hydrogen-bond donors (Lipinski definition) is 4. The van der Waals surface area contributed by atoms with Crippen LogP contribution in [0, 0.1) is 6.92 Å². The fourth-order valence-corrected chi connectivity index (χ4v) is 5.76. The van der Waals surface area contributed by atoms with Gasteiger partial charge in [0.25, 0.3) is 0 Å². The molecule has 0 radical (unpaired) electrons. The molecule has 1 atom stereocenters. The minimum atomic E-state index is -0.309. The summed E-state index contributed by atoms with van der Waals surface area (Å²) < 4.78 is 4.89. The van der Waals surface area contributed by atoms with Crippen LogP contribution in [-0.4, -0.2) is 28.0 Å². The number of anilines is 2. The monoisotopic (exact) mass is 527 g/mol. The number of nitrogens with one attached hydrogen (secondary N) is 2. The summed E-state index contributed by atoms with van der Waals surface area (Å²) in [5, 5.41) is 4.34. The second-order valence-corrected chi connectivity index (χ2v) is 10.2. The molecule has 38 heavy (non-hydrogen) atoms. The zero-order chi connectivity index (χ0) is 26.6. The molecular weight excluding hydrogens is 498 g/mol. The molecule has 1 aromatic carbocycles. The van der Waals surface area contributed by atoms with Crippen LogP contribution in [-0.2, 0) is 11.2 Å². The first-order valence-electron chi connectivity index (χ1n) is 12.3. The van der Waals surface area contributed by atoms with Gasteiger partial charge in [-0.2, -0.15) is 0 Å². The first-order chi connectivity index (χ1) is 18.4. The summed E-state index contributed by atoms with van der Waals surface area (Å²) in [6.45, 7) is 2.03. The zero-order valence-electron chi connectivity index (χ0n) is 21.2. The molecule has 0 saturated carbocycles. The quantitative estimate of drug-likeness (QED) is 0.154. The van der Waals surface area contributed by atoms with E-state index in [9.17, 15) is 4.79 Å². The lowest BCUT2D eigenvalue weighted by Gasteiger charge is -2.24. The largest absolute Gasteiger partial charge is 0.465 e. The summed E-state index contributed by atoms with van der Waals surface area (Å²) in [5.74, 6) is 6.53. The number of hydrogen-bond acceptors (Lipinski definition) is 10. The van der Waals surface area contributed by atoms with E-state index >= 15 is 0 Å². The molecule has 0 amide bonds. The van der Waals surface area contributed by atoms with Crippen LogP contribution in [0.1, 0.15) is 56.4 Å². The summed E-state index contributed by atoms with van der Waals surface area (Å²) in [4.78, 5) is 27.0. The van der Waals surface area contributed by atoms with Gasteiger partial charge in [0.05, 0.1) is 28.9 Å². The van der Waals surface area contributed by atoms with Gasteiger partial charge in [-0.3, -0.25) is 5.84 Å². The number of methoxy groups -OCH3 is 1. The molecule has 0 aliphatic heterocycles. The first kappa shape index (κ1) is 25.4. The third-order valence-electron chi connectivity index (χ3n) is 6.51. The lowest BCUT2D eigenvalue weighted by Crippen LogP contribution is -2.16. The van der Waals surface area contributed by atoms with E-state index in [4.69, 9.17) is 26.3 Å². The maximum atomic E-state index is 12.0. The summed E-state index contributed by atoms with van der Waals surface area (Å²) in [6.07, 6.45) is 8.10. The second kappa shape index (κ2) is 11.0. The average Bonchev–Trinajstić information content (AvgIpc) is 3.42. The van der Waals surface area contributed by atoms with Crippen molar-refractivity contribution in [1.82, 2.24) is 20.4 Å². The Morgan fingerprint density at radius 1 is 1.13 bits per heavy atom. The molecule has 3 aromatic heterocycles. The Morgan fingerprint density at radius 3 is 2.82 bits per heavy atom. The molecule has 0 saturated heterocycles. The highest BCUT2D eigenvalue weighted by Crippen LogP contribution is 2.40. The number of hydrazine groups is 1. The van der Waals surface area contributed by atoms with Gasteiger partial charge in [-0.25, -0.2) is 19.7 Å². The number of ether oxygens (including phenoxy) is 1. The summed E-state index contributed by atoms with van der Waals surface area (Å²) in [7, 11) is 1.41. The van der Waals surface area contributed by atoms with Crippen molar-refractivity contribution in [3.8, 4) is 10.6 Å². The number of benzene rings is 1. The van der Waals surface area contributed by atoms with E-state index in [0.717, 1.165) is 46.0 Å². The number of thiazole rings is 1. The molecule has 3 heterocycles. The van der Waals surface area contributed by atoms with Gasteiger partial charge >= 0.3 is 5.97 Å². The number of carbonyl (C=O) groups excluding carboxylic acids is 1. The van der Waals surface area contributed by atoms with Crippen LogP contribution in [0.2, 0.25) is 0 Å². The van der Waals surface area contributed by atoms with Gasteiger partial charge in [0, 0.05) is 30.1 Å². The molecule has 194 valence electrons.